The minimum absolute atomic E-state index is 0. The average molecular weight is 561 g/mol. The smallest absolute Gasteiger partial charge is 0.408 e. The molecule has 37 heavy (non-hydrogen) atoms. The van der Waals surface area contributed by atoms with Gasteiger partial charge < -0.3 is 10.5 Å². The molecule has 200 valence electrons. The van der Waals surface area contributed by atoms with E-state index in [1.165, 1.54) is 33.7 Å². The first-order chi connectivity index (χ1) is 16.6. The number of hydrogen-bond donors (Lipinski definition) is 1. The van der Waals surface area contributed by atoms with E-state index in [2.05, 4.69) is 15.2 Å². The van der Waals surface area contributed by atoms with Crippen LogP contribution in [-0.4, -0.2) is 55.9 Å². The third kappa shape index (κ3) is 5.74. The summed E-state index contributed by atoms with van der Waals surface area (Å²) in [7, 11) is 0. The molecule has 0 bridgehead atoms. The van der Waals surface area contributed by atoms with Crippen LogP contribution in [-0.2, 0) is 0 Å². The van der Waals surface area contributed by atoms with Crippen LogP contribution >= 0.6 is 24.8 Å². The van der Waals surface area contributed by atoms with Crippen LogP contribution in [0.5, 0.6) is 5.75 Å². The molecule has 4 aromatic rings. The molecule has 0 amide bonds. The zero-order valence-electron chi connectivity index (χ0n) is 19.9. The summed E-state index contributed by atoms with van der Waals surface area (Å²) in [6.07, 6.45) is -2.79. The second-order valence-corrected chi connectivity index (χ2v) is 9.04. The van der Waals surface area contributed by atoms with Crippen molar-refractivity contribution in [2.45, 2.75) is 44.6 Å². The number of likely N-dealkylation sites (tertiary alicyclic amines) is 1. The maximum atomic E-state index is 15.1. The number of aromatic nitrogens is 4. The number of nitrogens with zero attached hydrogens (tertiary/aromatic N) is 5. The minimum atomic E-state index is -4.52. The van der Waals surface area contributed by atoms with Crippen molar-refractivity contribution in [1.82, 2.24) is 24.5 Å². The Kier molecular flexibility index (Phi) is 8.53. The van der Waals surface area contributed by atoms with E-state index in [0.29, 0.717) is 23.1 Å². The molecule has 0 aliphatic carbocycles. The lowest BCUT2D eigenvalue weighted by atomic mass is 10.1. The van der Waals surface area contributed by atoms with E-state index in [1.54, 1.807) is 18.2 Å². The quantitative estimate of drug-likeness (QED) is 0.331. The molecule has 1 aliphatic rings. The van der Waals surface area contributed by atoms with Crippen LogP contribution in [0.3, 0.4) is 0 Å². The minimum Gasteiger partial charge on any atom is -0.491 e. The van der Waals surface area contributed by atoms with Gasteiger partial charge in [-0.05, 0) is 50.1 Å². The Morgan fingerprint density at radius 1 is 1.08 bits per heavy atom. The van der Waals surface area contributed by atoms with Crippen LogP contribution < -0.4 is 10.5 Å². The van der Waals surface area contributed by atoms with Crippen molar-refractivity contribution in [3.05, 3.63) is 54.0 Å². The zero-order chi connectivity index (χ0) is 24.9. The molecule has 4 heterocycles. The summed E-state index contributed by atoms with van der Waals surface area (Å²) in [5.74, 6) is -0.0779. The Labute approximate surface area is 222 Å². The third-order valence-electron chi connectivity index (χ3n) is 6.00. The highest BCUT2D eigenvalue weighted by atomic mass is 35.5. The predicted molar refractivity (Wildman–Crippen MR) is 137 cm³/mol. The summed E-state index contributed by atoms with van der Waals surface area (Å²) >= 11 is 0. The van der Waals surface area contributed by atoms with Crippen LogP contribution in [0.15, 0.2) is 42.6 Å². The van der Waals surface area contributed by atoms with E-state index in [9.17, 15) is 13.2 Å². The molecule has 0 spiro atoms. The van der Waals surface area contributed by atoms with Crippen molar-refractivity contribution in [3.8, 4) is 17.3 Å². The van der Waals surface area contributed by atoms with Gasteiger partial charge in [-0.1, -0.05) is 6.07 Å². The van der Waals surface area contributed by atoms with Crippen LogP contribution in [0.25, 0.3) is 28.1 Å². The Hall–Kier alpha value is -2.73. The number of ether oxygens (including phenoxy) is 1. The van der Waals surface area contributed by atoms with Gasteiger partial charge in [-0.2, -0.15) is 13.2 Å². The summed E-state index contributed by atoms with van der Waals surface area (Å²) in [4.78, 5) is 5.74. The van der Waals surface area contributed by atoms with Crippen LogP contribution in [0.2, 0.25) is 0 Å². The largest absolute Gasteiger partial charge is 0.491 e. The average Bonchev–Trinajstić information content (AvgIpc) is 3.38. The first-order valence-corrected chi connectivity index (χ1v) is 11.3. The molecular formula is C24H26Cl2F4N6O. The second-order valence-electron chi connectivity index (χ2n) is 9.04. The topological polar surface area (TPSA) is 81.6 Å². The fourth-order valence-electron chi connectivity index (χ4n) is 4.51. The number of nitrogens with two attached hydrogens (primary N) is 1. The standard InChI is InChI=1S/C24H24F4N6O.2ClH/c1-13(2)35-17-5-3-14-9-18(25)21(30-19(14)10-17)23-32-31-20-6-4-15(11-34(20)23)22(24(26,27)28)33-8-7-16(29)12-33;;/h3-6,9-11,13,16,22H,7-8,12,29H2,1-2H3;2*1H/t16-,22+;;/m0../s1. The Balaban J connectivity index is 0.00000190. The van der Waals surface area contributed by atoms with Crippen molar-refractivity contribution < 1.29 is 22.3 Å². The van der Waals surface area contributed by atoms with E-state index >= 15 is 4.39 Å². The predicted octanol–water partition coefficient (Wildman–Crippen LogP) is 5.35. The van der Waals surface area contributed by atoms with Crippen LogP contribution in [0, 0.1) is 5.82 Å². The Bertz CT molecular complexity index is 1400. The van der Waals surface area contributed by atoms with Gasteiger partial charge in [-0.3, -0.25) is 9.30 Å². The number of rotatable bonds is 5. The van der Waals surface area contributed by atoms with E-state index in [4.69, 9.17) is 10.5 Å². The van der Waals surface area contributed by atoms with Crippen molar-refractivity contribution in [2.75, 3.05) is 13.1 Å². The number of pyridine rings is 2. The summed E-state index contributed by atoms with van der Waals surface area (Å²) in [6.45, 7) is 4.15. The Morgan fingerprint density at radius 3 is 2.49 bits per heavy atom. The fourth-order valence-corrected chi connectivity index (χ4v) is 4.51. The molecule has 3 aromatic heterocycles. The lowest BCUT2D eigenvalue weighted by Gasteiger charge is -2.30. The molecular weight excluding hydrogens is 535 g/mol. The lowest BCUT2D eigenvalue weighted by Crippen LogP contribution is -2.38. The van der Waals surface area contributed by atoms with Gasteiger partial charge >= 0.3 is 6.18 Å². The SMILES string of the molecule is CC(C)Oc1ccc2cc(F)c(-c3nnc4ccc([C@@H](N5CC[C@H](N)C5)C(F)(F)F)cn34)nc2c1.Cl.Cl. The molecule has 2 atom stereocenters. The van der Waals surface area contributed by atoms with Gasteiger partial charge in [0.25, 0.3) is 0 Å². The molecule has 2 N–H and O–H groups in total. The van der Waals surface area contributed by atoms with Gasteiger partial charge in [-0.15, -0.1) is 35.0 Å². The molecule has 13 heteroatoms. The van der Waals surface area contributed by atoms with Gasteiger partial charge in [-0.25, -0.2) is 9.37 Å². The zero-order valence-corrected chi connectivity index (χ0v) is 21.6. The van der Waals surface area contributed by atoms with Crippen molar-refractivity contribution in [1.29, 1.82) is 0 Å². The van der Waals surface area contributed by atoms with Gasteiger partial charge in [0.05, 0.1) is 11.6 Å². The lowest BCUT2D eigenvalue weighted by molar-refractivity contribution is -0.183. The monoisotopic (exact) mass is 560 g/mol. The van der Waals surface area contributed by atoms with Crippen molar-refractivity contribution in [3.63, 3.8) is 0 Å². The molecule has 1 saturated heterocycles. The molecule has 0 radical (unpaired) electrons. The summed E-state index contributed by atoms with van der Waals surface area (Å²) in [5, 5.41) is 8.61. The Morgan fingerprint density at radius 2 is 1.84 bits per heavy atom. The van der Waals surface area contributed by atoms with E-state index < -0.39 is 18.0 Å². The first-order valence-electron chi connectivity index (χ1n) is 11.3. The maximum absolute atomic E-state index is 15.1. The van der Waals surface area contributed by atoms with E-state index in [0.717, 1.165) is 0 Å². The normalized spacial score (nSPS) is 17.1. The maximum Gasteiger partial charge on any atom is 0.408 e. The second kappa shape index (κ2) is 10.9. The summed E-state index contributed by atoms with van der Waals surface area (Å²) in [6, 6.07) is 7.07. The van der Waals surface area contributed by atoms with Gasteiger partial charge in [0, 0.05) is 36.8 Å². The van der Waals surface area contributed by atoms with Gasteiger partial charge in [0.15, 0.2) is 17.3 Å². The molecule has 0 saturated carbocycles. The van der Waals surface area contributed by atoms with Gasteiger partial charge in [0.1, 0.15) is 17.5 Å². The van der Waals surface area contributed by atoms with E-state index in [-0.39, 0.29) is 72.8 Å². The summed E-state index contributed by atoms with van der Waals surface area (Å²) in [5.41, 5.74) is 6.49. The summed E-state index contributed by atoms with van der Waals surface area (Å²) < 4.78 is 64.4. The highest BCUT2D eigenvalue weighted by Crippen LogP contribution is 2.39. The molecule has 0 unspecified atom stereocenters. The fraction of sp³-hybridized carbons (Fsp3) is 0.375. The molecule has 1 aliphatic heterocycles. The van der Waals surface area contributed by atoms with E-state index in [1.807, 2.05) is 13.8 Å². The van der Waals surface area contributed by atoms with Crippen LogP contribution in [0.4, 0.5) is 17.6 Å². The number of fused-ring (bicyclic) bond motifs is 2. The molecule has 7 nitrogen and oxygen atoms in total. The molecule has 1 aromatic carbocycles. The van der Waals surface area contributed by atoms with Crippen LogP contribution in [0.1, 0.15) is 31.9 Å². The highest BCUT2D eigenvalue weighted by molar-refractivity contribution is 5.85. The first kappa shape index (κ1) is 28.8. The third-order valence-corrected chi connectivity index (χ3v) is 6.00. The number of benzene rings is 1. The van der Waals surface area contributed by atoms with Crippen molar-refractivity contribution >= 4 is 41.4 Å². The molecule has 5 rings (SSSR count). The number of hydrogen-bond acceptors (Lipinski definition) is 6. The highest BCUT2D eigenvalue weighted by Gasteiger charge is 2.46. The number of halogens is 6. The van der Waals surface area contributed by atoms with Crippen molar-refractivity contribution in [2.24, 2.45) is 5.73 Å². The molecule has 1 fully saturated rings. The number of alkyl halides is 3. The van der Waals surface area contributed by atoms with Gasteiger partial charge in [0.2, 0.25) is 0 Å².